The normalized spacial score (nSPS) is 11.8. The molecular weight excluding hydrogens is 330 g/mol. The second kappa shape index (κ2) is 7.27. The zero-order valence-corrected chi connectivity index (χ0v) is 13.7. The zero-order chi connectivity index (χ0) is 15.2. The van der Waals surface area contributed by atoms with E-state index in [-0.39, 0.29) is 10.7 Å². The summed E-state index contributed by atoms with van der Waals surface area (Å²) in [7, 11) is 0. The number of ether oxygens (including phenoxy) is 1. The Labute approximate surface area is 133 Å². The number of hydrogen-bond acceptors (Lipinski definition) is 2. The maximum Gasteiger partial charge on any atom is 0.238 e. The number of rotatable bonds is 5. The molecule has 0 saturated heterocycles. The fraction of sp³-hybridized carbons (Fsp3) is 0.235. The van der Waals surface area contributed by atoms with E-state index < -0.39 is 0 Å². The van der Waals surface area contributed by atoms with Crippen molar-refractivity contribution in [2.24, 2.45) is 0 Å². The van der Waals surface area contributed by atoms with E-state index in [1.54, 1.807) is 0 Å². The van der Waals surface area contributed by atoms with Crippen molar-refractivity contribution in [3.05, 3.63) is 54.1 Å². The van der Waals surface area contributed by atoms with E-state index in [0.717, 1.165) is 23.6 Å². The van der Waals surface area contributed by atoms with Crippen molar-refractivity contribution in [3.8, 4) is 11.5 Å². The van der Waals surface area contributed by atoms with Crippen LogP contribution in [0.15, 0.2) is 48.5 Å². The molecule has 0 spiro atoms. The van der Waals surface area contributed by atoms with Crippen LogP contribution in [0, 0.1) is 6.92 Å². The molecule has 110 valence electrons. The molecule has 0 radical (unpaired) electrons. The largest absolute Gasteiger partial charge is 0.457 e. The maximum absolute atomic E-state index is 11.8. The summed E-state index contributed by atoms with van der Waals surface area (Å²) >= 11 is 3.33. The van der Waals surface area contributed by atoms with E-state index in [4.69, 9.17) is 4.74 Å². The van der Waals surface area contributed by atoms with Crippen LogP contribution in [-0.2, 0) is 4.79 Å². The fourth-order valence-corrected chi connectivity index (χ4v) is 1.87. The molecule has 1 unspecified atom stereocenters. The van der Waals surface area contributed by atoms with Crippen LogP contribution < -0.4 is 10.1 Å². The van der Waals surface area contributed by atoms with Crippen LogP contribution >= 0.6 is 15.9 Å². The minimum atomic E-state index is -0.166. The summed E-state index contributed by atoms with van der Waals surface area (Å²) in [5, 5.41) is 2.85. The molecule has 3 nitrogen and oxygen atoms in total. The average Bonchev–Trinajstić information content (AvgIpc) is 2.50. The Morgan fingerprint density at radius 3 is 2.14 bits per heavy atom. The molecule has 0 aliphatic heterocycles. The minimum Gasteiger partial charge on any atom is -0.457 e. The number of alkyl halides is 1. The van der Waals surface area contributed by atoms with Gasteiger partial charge in [-0.15, -0.1) is 0 Å². The molecule has 0 fully saturated rings. The molecule has 1 atom stereocenters. The first-order valence-electron chi connectivity index (χ1n) is 6.88. The van der Waals surface area contributed by atoms with Crippen molar-refractivity contribution in [2.75, 3.05) is 5.32 Å². The van der Waals surface area contributed by atoms with Crippen LogP contribution in [0.2, 0.25) is 0 Å². The smallest absolute Gasteiger partial charge is 0.238 e. The quantitative estimate of drug-likeness (QED) is 0.781. The highest BCUT2D eigenvalue weighted by Gasteiger charge is 2.12. The number of nitrogens with one attached hydrogen (secondary N) is 1. The summed E-state index contributed by atoms with van der Waals surface area (Å²) in [5.41, 5.74) is 1.95. The lowest BCUT2D eigenvalue weighted by atomic mass is 10.2. The van der Waals surface area contributed by atoms with Gasteiger partial charge in [0.2, 0.25) is 5.91 Å². The number of anilines is 1. The van der Waals surface area contributed by atoms with Crippen LogP contribution in [0.1, 0.15) is 18.9 Å². The van der Waals surface area contributed by atoms with Gasteiger partial charge < -0.3 is 10.1 Å². The van der Waals surface area contributed by atoms with Gasteiger partial charge in [0.25, 0.3) is 0 Å². The molecular formula is C17H18BrNO2. The number of amides is 1. The third-order valence-electron chi connectivity index (χ3n) is 3.02. The number of aryl methyl sites for hydroxylation is 1. The Morgan fingerprint density at radius 1 is 1.10 bits per heavy atom. The second-order valence-electron chi connectivity index (χ2n) is 4.80. The number of carbonyl (C=O) groups is 1. The van der Waals surface area contributed by atoms with Crippen molar-refractivity contribution < 1.29 is 9.53 Å². The first-order valence-corrected chi connectivity index (χ1v) is 7.79. The lowest BCUT2D eigenvalue weighted by Crippen LogP contribution is -2.21. The third-order valence-corrected chi connectivity index (χ3v) is 4.08. The van der Waals surface area contributed by atoms with Crippen LogP contribution in [0.3, 0.4) is 0 Å². The molecule has 1 amide bonds. The van der Waals surface area contributed by atoms with E-state index in [1.807, 2.05) is 62.4 Å². The molecule has 1 N–H and O–H groups in total. The highest BCUT2D eigenvalue weighted by molar-refractivity contribution is 9.10. The molecule has 0 heterocycles. The standard InChI is InChI=1S/C17H18BrNO2/c1-3-16(18)17(20)19-13-6-10-15(11-7-13)21-14-8-4-12(2)5-9-14/h4-11,16H,3H2,1-2H3,(H,19,20). The van der Waals surface area contributed by atoms with E-state index in [9.17, 15) is 4.79 Å². The topological polar surface area (TPSA) is 38.3 Å². The molecule has 2 aromatic carbocycles. The van der Waals surface area contributed by atoms with Gasteiger partial charge in [-0.2, -0.15) is 0 Å². The predicted octanol–water partition coefficient (Wildman–Crippen LogP) is 4.90. The van der Waals surface area contributed by atoms with Gasteiger partial charge in [0.05, 0.1) is 4.83 Å². The summed E-state index contributed by atoms with van der Waals surface area (Å²) in [6.45, 7) is 3.99. The zero-order valence-electron chi connectivity index (χ0n) is 12.1. The highest BCUT2D eigenvalue weighted by Crippen LogP contribution is 2.23. The molecule has 0 aliphatic rings. The maximum atomic E-state index is 11.8. The first-order chi connectivity index (χ1) is 10.1. The summed E-state index contributed by atoms with van der Waals surface area (Å²) < 4.78 is 5.74. The molecule has 0 bridgehead atoms. The van der Waals surface area contributed by atoms with Crippen molar-refractivity contribution >= 4 is 27.5 Å². The summed E-state index contributed by atoms with van der Waals surface area (Å²) in [4.78, 5) is 11.6. The molecule has 0 aromatic heterocycles. The Balaban J connectivity index is 1.98. The summed E-state index contributed by atoms with van der Waals surface area (Å²) in [6, 6.07) is 15.2. The van der Waals surface area contributed by atoms with Gasteiger partial charge in [0.15, 0.2) is 0 Å². The first kappa shape index (κ1) is 15.6. The van der Waals surface area contributed by atoms with Crippen LogP contribution in [0.4, 0.5) is 5.69 Å². The van der Waals surface area contributed by atoms with E-state index >= 15 is 0 Å². The van der Waals surface area contributed by atoms with Crippen LogP contribution in [0.5, 0.6) is 11.5 Å². The molecule has 0 saturated carbocycles. The third kappa shape index (κ3) is 4.60. The van der Waals surface area contributed by atoms with Gasteiger partial charge >= 0.3 is 0 Å². The molecule has 21 heavy (non-hydrogen) atoms. The van der Waals surface area contributed by atoms with Crippen LogP contribution in [0.25, 0.3) is 0 Å². The molecule has 0 aliphatic carbocycles. The lowest BCUT2D eigenvalue weighted by Gasteiger charge is -2.10. The van der Waals surface area contributed by atoms with Gasteiger partial charge in [-0.1, -0.05) is 40.5 Å². The highest BCUT2D eigenvalue weighted by atomic mass is 79.9. The van der Waals surface area contributed by atoms with Gasteiger partial charge in [-0.3, -0.25) is 4.79 Å². The Bertz CT molecular complexity index is 593. The van der Waals surface area contributed by atoms with Gasteiger partial charge in [0, 0.05) is 5.69 Å². The minimum absolute atomic E-state index is 0.0373. The van der Waals surface area contributed by atoms with Crippen molar-refractivity contribution in [2.45, 2.75) is 25.1 Å². The van der Waals surface area contributed by atoms with E-state index in [0.29, 0.717) is 0 Å². The van der Waals surface area contributed by atoms with Crippen molar-refractivity contribution in [1.29, 1.82) is 0 Å². The predicted molar refractivity (Wildman–Crippen MR) is 89.3 cm³/mol. The number of carbonyl (C=O) groups excluding carboxylic acids is 1. The molecule has 4 heteroatoms. The van der Waals surface area contributed by atoms with Crippen molar-refractivity contribution in [3.63, 3.8) is 0 Å². The van der Waals surface area contributed by atoms with Gasteiger partial charge in [-0.25, -0.2) is 0 Å². The fourth-order valence-electron chi connectivity index (χ4n) is 1.75. The molecule has 2 rings (SSSR count). The van der Waals surface area contributed by atoms with E-state index in [1.165, 1.54) is 5.56 Å². The lowest BCUT2D eigenvalue weighted by molar-refractivity contribution is -0.115. The van der Waals surface area contributed by atoms with Gasteiger partial charge in [-0.05, 0) is 49.7 Å². The monoisotopic (exact) mass is 347 g/mol. The number of benzene rings is 2. The van der Waals surface area contributed by atoms with Gasteiger partial charge in [0.1, 0.15) is 11.5 Å². The summed E-state index contributed by atoms with van der Waals surface area (Å²) in [6.07, 6.45) is 0.750. The van der Waals surface area contributed by atoms with Crippen LogP contribution in [-0.4, -0.2) is 10.7 Å². The average molecular weight is 348 g/mol. The Kier molecular flexibility index (Phi) is 5.39. The Hall–Kier alpha value is -1.81. The van der Waals surface area contributed by atoms with Crippen molar-refractivity contribution in [1.82, 2.24) is 0 Å². The van der Waals surface area contributed by atoms with E-state index in [2.05, 4.69) is 21.2 Å². The Morgan fingerprint density at radius 2 is 1.62 bits per heavy atom. The second-order valence-corrected chi connectivity index (χ2v) is 5.91. The molecule has 2 aromatic rings. The SMILES string of the molecule is CCC(Br)C(=O)Nc1ccc(Oc2ccc(C)cc2)cc1. The summed E-state index contributed by atoms with van der Waals surface area (Å²) in [5.74, 6) is 1.50. The number of halogens is 1. The number of hydrogen-bond donors (Lipinski definition) is 1.